The highest BCUT2D eigenvalue weighted by molar-refractivity contribution is 5.18. The predicted molar refractivity (Wildman–Crippen MR) is 89.0 cm³/mol. The zero-order valence-corrected chi connectivity index (χ0v) is 13.9. The van der Waals surface area contributed by atoms with E-state index in [0.717, 1.165) is 19.0 Å². The minimum atomic E-state index is 0.467. The van der Waals surface area contributed by atoms with Crippen molar-refractivity contribution in [3.8, 4) is 0 Å². The zero-order chi connectivity index (χ0) is 15.0. The Morgan fingerprint density at radius 2 is 1.70 bits per heavy atom. The predicted octanol–water partition coefficient (Wildman–Crippen LogP) is 4.09. The first-order chi connectivity index (χ1) is 9.54. The van der Waals surface area contributed by atoms with Crippen molar-refractivity contribution in [3.05, 3.63) is 35.9 Å². The van der Waals surface area contributed by atoms with Crippen LogP contribution in [0.4, 0.5) is 0 Å². The van der Waals surface area contributed by atoms with Crippen LogP contribution in [-0.2, 0) is 0 Å². The number of hydrogen-bond donors (Lipinski definition) is 1. The molecule has 1 aromatic carbocycles. The third-order valence-corrected chi connectivity index (χ3v) is 3.69. The van der Waals surface area contributed by atoms with Crippen molar-refractivity contribution in [2.45, 2.75) is 53.1 Å². The smallest absolute Gasteiger partial charge is 0.0332 e. The van der Waals surface area contributed by atoms with Gasteiger partial charge in [-0.1, -0.05) is 51.1 Å². The standard InChI is InChI=1S/C18H32N2/c1-6-19-18(17-10-8-7-9-11-17)12-13-20(16(4)5)14-15(2)3/h7-11,15-16,18-19H,6,12-14H2,1-5H3. The van der Waals surface area contributed by atoms with Gasteiger partial charge in [0.05, 0.1) is 0 Å². The van der Waals surface area contributed by atoms with Gasteiger partial charge in [-0.05, 0) is 38.3 Å². The first-order valence-corrected chi connectivity index (χ1v) is 8.07. The third-order valence-electron chi connectivity index (χ3n) is 3.69. The van der Waals surface area contributed by atoms with Crippen LogP contribution in [0.1, 0.15) is 52.6 Å². The Kier molecular flexibility index (Phi) is 7.86. The zero-order valence-electron chi connectivity index (χ0n) is 13.9. The van der Waals surface area contributed by atoms with Gasteiger partial charge in [-0.3, -0.25) is 0 Å². The molecule has 0 aliphatic carbocycles. The summed E-state index contributed by atoms with van der Waals surface area (Å²) in [4.78, 5) is 2.60. The molecule has 0 bridgehead atoms. The lowest BCUT2D eigenvalue weighted by molar-refractivity contribution is 0.188. The van der Waals surface area contributed by atoms with Gasteiger partial charge in [-0.15, -0.1) is 0 Å². The molecule has 0 spiro atoms. The van der Waals surface area contributed by atoms with Gasteiger partial charge < -0.3 is 10.2 Å². The molecule has 1 unspecified atom stereocenters. The van der Waals surface area contributed by atoms with Gasteiger partial charge in [0.2, 0.25) is 0 Å². The first kappa shape index (κ1) is 17.2. The van der Waals surface area contributed by atoms with Crippen LogP contribution in [0.15, 0.2) is 30.3 Å². The fraction of sp³-hybridized carbons (Fsp3) is 0.667. The maximum Gasteiger partial charge on any atom is 0.0332 e. The number of rotatable bonds is 9. The molecule has 0 aliphatic heterocycles. The molecule has 0 fully saturated rings. The molecular formula is C18H32N2. The molecule has 1 atom stereocenters. The van der Waals surface area contributed by atoms with Gasteiger partial charge in [0.1, 0.15) is 0 Å². The van der Waals surface area contributed by atoms with E-state index in [1.165, 1.54) is 18.5 Å². The average molecular weight is 276 g/mol. The highest BCUT2D eigenvalue weighted by Crippen LogP contribution is 2.18. The molecular weight excluding hydrogens is 244 g/mol. The van der Waals surface area contributed by atoms with E-state index in [2.05, 4.69) is 75.2 Å². The molecule has 1 N–H and O–H groups in total. The van der Waals surface area contributed by atoms with Crippen molar-refractivity contribution < 1.29 is 0 Å². The summed E-state index contributed by atoms with van der Waals surface area (Å²) in [6, 6.07) is 11.9. The lowest BCUT2D eigenvalue weighted by Gasteiger charge is -2.30. The molecule has 20 heavy (non-hydrogen) atoms. The summed E-state index contributed by atoms with van der Waals surface area (Å²) in [5, 5.41) is 3.62. The molecule has 0 amide bonds. The highest BCUT2D eigenvalue weighted by Gasteiger charge is 2.15. The van der Waals surface area contributed by atoms with Crippen LogP contribution in [0.25, 0.3) is 0 Å². The summed E-state index contributed by atoms with van der Waals surface area (Å²) >= 11 is 0. The van der Waals surface area contributed by atoms with E-state index in [0.29, 0.717) is 12.1 Å². The second-order valence-electron chi connectivity index (χ2n) is 6.29. The Bertz CT molecular complexity index is 346. The third kappa shape index (κ3) is 6.06. The number of nitrogens with zero attached hydrogens (tertiary/aromatic N) is 1. The van der Waals surface area contributed by atoms with E-state index in [-0.39, 0.29) is 0 Å². The van der Waals surface area contributed by atoms with Gasteiger partial charge in [0, 0.05) is 25.2 Å². The SMILES string of the molecule is CCNC(CCN(CC(C)C)C(C)C)c1ccccc1. The number of nitrogens with one attached hydrogen (secondary N) is 1. The van der Waals surface area contributed by atoms with E-state index < -0.39 is 0 Å². The average Bonchev–Trinajstić information content (AvgIpc) is 2.42. The van der Waals surface area contributed by atoms with Crippen molar-refractivity contribution in [2.24, 2.45) is 5.92 Å². The minimum Gasteiger partial charge on any atom is -0.310 e. The largest absolute Gasteiger partial charge is 0.310 e. The Morgan fingerprint density at radius 3 is 2.20 bits per heavy atom. The lowest BCUT2D eigenvalue weighted by atomic mass is 10.0. The molecule has 1 rings (SSSR count). The van der Waals surface area contributed by atoms with E-state index in [9.17, 15) is 0 Å². The van der Waals surface area contributed by atoms with Crippen molar-refractivity contribution in [1.82, 2.24) is 10.2 Å². The molecule has 1 aromatic rings. The first-order valence-electron chi connectivity index (χ1n) is 8.07. The van der Waals surface area contributed by atoms with E-state index >= 15 is 0 Å². The summed E-state index contributed by atoms with van der Waals surface area (Å²) in [6.45, 7) is 14.7. The monoisotopic (exact) mass is 276 g/mol. The number of benzene rings is 1. The van der Waals surface area contributed by atoms with E-state index in [1.54, 1.807) is 0 Å². The van der Waals surface area contributed by atoms with Crippen molar-refractivity contribution in [2.75, 3.05) is 19.6 Å². The molecule has 2 nitrogen and oxygen atoms in total. The fourth-order valence-corrected chi connectivity index (χ4v) is 2.64. The molecule has 0 saturated heterocycles. The van der Waals surface area contributed by atoms with E-state index in [4.69, 9.17) is 0 Å². The van der Waals surface area contributed by atoms with Crippen LogP contribution >= 0.6 is 0 Å². The molecule has 114 valence electrons. The Hall–Kier alpha value is -0.860. The minimum absolute atomic E-state index is 0.467. The van der Waals surface area contributed by atoms with Crippen molar-refractivity contribution in [3.63, 3.8) is 0 Å². The van der Waals surface area contributed by atoms with Crippen molar-refractivity contribution in [1.29, 1.82) is 0 Å². The highest BCUT2D eigenvalue weighted by atomic mass is 15.1. The van der Waals surface area contributed by atoms with Gasteiger partial charge in [0.25, 0.3) is 0 Å². The second kappa shape index (κ2) is 9.15. The van der Waals surface area contributed by atoms with Gasteiger partial charge in [-0.2, -0.15) is 0 Å². The van der Waals surface area contributed by atoms with Crippen LogP contribution in [0.3, 0.4) is 0 Å². The maximum atomic E-state index is 3.62. The lowest BCUT2D eigenvalue weighted by Crippen LogP contribution is -2.37. The van der Waals surface area contributed by atoms with Crippen LogP contribution < -0.4 is 5.32 Å². The topological polar surface area (TPSA) is 15.3 Å². The number of hydrogen-bond acceptors (Lipinski definition) is 2. The summed E-state index contributed by atoms with van der Waals surface area (Å²) in [6.07, 6.45) is 1.17. The van der Waals surface area contributed by atoms with Gasteiger partial charge >= 0.3 is 0 Å². The summed E-state index contributed by atoms with van der Waals surface area (Å²) in [5.74, 6) is 0.728. The van der Waals surface area contributed by atoms with Gasteiger partial charge in [-0.25, -0.2) is 0 Å². The van der Waals surface area contributed by atoms with Crippen LogP contribution in [0, 0.1) is 5.92 Å². The Balaban J connectivity index is 2.61. The van der Waals surface area contributed by atoms with Crippen LogP contribution in [-0.4, -0.2) is 30.6 Å². The van der Waals surface area contributed by atoms with E-state index in [1.807, 2.05) is 0 Å². The molecule has 2 heteroatoms. The molecule has 0 saturated carbocycles. The summed E-state index contributed by atoms with van der Waals surface area (Å²) < 4.78 is 0. The van der Waals surface area contributed by atoms with Crippen LogP contribution in [0.2, 0.25) is 0 Å². The van der Waals surface area contributed by atoms with Gasteiger partial charge in [0.15, 0.2) is 0 Å². The Labute approximate surface area is 125 Å². The summed E-state index contributed by atoms with van der Waals surface area (Å²) in [7, 11) is 0. The van der Waals surface area contributed by atoms with Crippen LogP contribution in [0.5, 0.6) is 0 Å². The summed E-state index contributed by atoms with van der Waals surface area (Å²) in [5.41, 5.74) is 1.41. The quantitative estimate of drug-likeness (QED) is 0.730. The normalized spacial score (nSPS) is 13.4. The maximum absolute atomic E-state index is 3.62. The second-order valence-corrected chi connectivity index (χ2v) is 6.29. The fourth-order valence-electron chi connectivity index (χ4n) is 2.64. The molecule has 0 aliphatic rings. The Morgan fingerprint density at radius 1 is 1.05 bits per heavy atom. The molecule has 0 radical (unpaired) electrons. The molecule has 0 aromatic heterocycles. The van der Waals surface area contributed by atoms with Crippen molar-refractivity contribution >= 4 is 0 Å². The molecule has 0 heterocycles.